The number of amides is 1. The number of aromatic nitrogens is 3. The first kappa shape index (κ1) is 24.8. The van der Waals surface area contributed by atoms with Crippen molar-refractivity contribution in [3.05, 3.63) is 70.0 Å². The summed E-state index contributed by atoms with van der Waals surface area (Å²) >= 11 is 6.00. The van der Waals surface area contributed by atoms with Crippen molar-refractivity contribution in [2.75, 3.05) is 7.05 Å². The van der Waals surface area contributed by atoms with E-state index in [1.807, 2.05) is 13.8 Å². The molecule has 2 heterocycles. The van der Waals surface area contributed by atoms with Gasteiger partial charge in [0.25, 0.3) is 5.91 Å². The van der Waals surface area contributed by atoms with Crippen LogP contribution in [-0.4, -0.2) is 32.4 Å². The molecule has 5 nitrogen and oxygen atoms in total. The lowest BCUT2D eigenvalue weighted by Gasteiger charge is -2.22. The Balaban J connectivity index is 2.20. The molecule has 0 saturated heterocycles. The smallest absolute Gasteiger partial charge is 0.334 e. The maximum atomic E-state index is 14.2. The van der Waals surface area contributed by atoms with Crippen LogP contribution in [0.15, 0.2) is 36.7 Å². The molecule has 3 rings (SSSR count). The highest BCUT2D eigenvalue weighted by molar-refractivity contribution is 6.30. The molecule has 0 fully saturated rings. The van der Waals surface area contributed by atoms with E-state index in [-0.39, 0.29) is 35.8 Å². The van der Waals surface area contributed by atoms with Crippen molar-refractivity contribution in [1.29, 1.82) is 0 Å². The monoisotopic (exact) mass is 478 g/mol. The zero-order valence-corrected chi connectivity index (χ0v) is 19.9. The molecule has 0 aliphatic rings. The van der Waals surface area contributed by atoms with Crippen molar-refractivity contribution in [3.63, 3.8) is 0 Å². The summed E-state index contributed by atoms with van der Waals surface area (Å²) in [7, 11) is 1.55. The number of hydrogen-bond acceptors (Lipinski definition) is 3. The van der Waals surface area contributed by atoms with Crippen molar-refractivity contribution in [3.8, 4) is 11.1 Å². The summed E-state index contributed by atoms with van der Waals surface area (Å²) in [5.74, 6) is -0.641. The Bertz CT molecular complexity index is 1140. The van der Waals surface area contributed by atoms with Gasteiger partial charge in [-0.3, -0.25) is 14.8 Å². The molecule has 176 valence electrons. The van der Waals surface area contributed by atoms with Crippen molar-refractivity contribution in [2.45, 2.75) is 47.0 Å². The van der Waals surface area contributed by atoms with Crippen LogP contribution in [0.5, 0.6) is 0 Å². The zero-order chi connectivity index (χ0) is 24.5. The van der Waals surface area contributed by atoms with Gasteiger partial charge >= 0.3 is 6.18 Å². The quantitative estimate of drug-likeness (QED) is 0.426. The van der Waals surface area contributed by atoms with Gasteiger partial charge in [0.2, 0.25) is 0 Å². The summed E-state index contributed by atoms with van der Waals surface area (Å²) in [6.45, 7) is 6.99. The molecule has 1 amide bonds. The highest BCUT2D eigenvalue weighted by Gasteiger charge is 2.41. The van der Waals surface area contributed by atoms with Gasteiger partial charge in [-0.2, -0.15) is 13.2 Å². The fraction of sp³-hybridized carbons (Fsp3) is 0.375. The third-order valence-corrected chi connectivity index (χ3v) is 5.49. The molecule has 33 heavy (non-hydrogen) atoms. The van der Waals surface area contributed by atoms with Gasteiger partial charge in [-0.1, -0.05) is 37.6 Å². The van der Waals surface area contributed by atoms with Gasteiger partial charge in [0.05, 0.1) is 24.1 Å². The van der Waals surface area contributed by atoms with Gasteiger partial charge in [-0.15, -0.1) is 0 Å². The summed E-state index contributed by atoms with van der Waals surface area (Å²) < 4.78 is 43.7. The van der Waals surface area contributed by atoms with Gasteiger partial charge in [0, 0.05) is 30.4 Å². The lowest BCUT2D eigenvalue weighted by molar-refractivity contribution is -0.144. The van der Waals surface area contributed by atoms with E-state index in [1.54, 1.807) is 50.6 Å². The number of rotatable bonds is 6. The lowest BCUT2D eigenvalue weighted by Crippen LogP contribution is -2.30. The Morgan fingerprint density at radius 1 is 1.12 bits per heavy atom. The van der Waals surface area contributed by atoms with E-state index in [9.17, 15) is 18.0 Å². The Hall–Kier alpha value is -2.87. The van der Waals surface area contributed by atoms with Crippen molar-refractivity contribution in [2.24, 2.45) is 5.92 Å². The number of hydrogen-bond donors (Lipinski definition) is 0. The number of halogens is 4. The maximum absolute atomic E-state index is 14.2. The van der Waals surface area contributed by atoms with Crippen LogP contribution in [0.25, 0.3) is 11.1 Å². The largest absolute Gasteiger partial charge is 0.431 e. The van der Waals surface area contributed by atoms with Crippen molar-refractivity contribution >= 4 is 17.5 Å². The van der Waals surface area contributed by atoms with Crippen LogP contribution in [0.3, 0.4) is 0 Å². The fourth-order valence-corrected chi connectivity index (χ4v) is 3.97. The lowest BCUT2D eigenvalue weighted by atomic mass is 10.00. The summed E-state index contributed by atoms with van der Waals surface area (Å²) in [5.41, 5.74) is 1.22. The minimum Gasteiger partial charge on any atom is -0.334 e. The van der Waals surface area contributed by atoms with E-state index in [0.717, 1.165) is 10.3 Å². The number of carbonyl (C=O) groups is 1. The Labute approximate surface area is 196 Å². The predicted octanol–water partition coefficient (Wildman–Crippen LogP) is 6.16. The van der Waals surface area contributed by atoms with E-state index in [1.165, 1.54) is 11.8 Å². The topological polar surface area (TPSA) is 51.0 Å². The predicted molar refractivity (Wildman–Crippen MR) is 122 cm³/mol. The van der Waals surface area contributed by atoms with Gasteiger partial charge < -0.3 is 9.47 Å². The molecule has 0 saturated carbocycles. The highest BCUT2D eigenvalue weighted by atomic mass is 35.5. The third kappa shape index (κ3) is 5.38. The number of carbonyl (C=O) groups excluding carboxylic acids is 1. The van der Waals surface area contributed by atoms with Gasteiger partial charge in [-0.25, -0.2) is 0 Å². The molecule has 0 aliphatic carbocycles. The van der Waals surface area contributed by atoms with E-state index in [2.05, 4.69) is 9.97 Å². The van der Waals surface area contributed by atoms with Crippen LogP contribution in [0.4, 0.5) is 13.2 Å². The van der Waals surface area contributed by atoms with Crippen molar-refractivity contribution < 1.29 is 18.0 Å². The molecule has 0 unspecified atom stereocenters. The molecule has 2 aromatic heterocycles. The fourth-order valence-electron chi connectivity index (χ4n) is 3.85. The molecular formula is C24H26ClF3N4O. The summed E-state index contributed by atoms with van der Waals surface area (Å²) in [4.78, 5) is 23.4. The average molecular weight is 479 g/mol. The van der Waals surface area contributed by atoms with E-state index < -0.39 is 17.8 Å². The van der Waals surface area contributed by atoms with Crippen LogP contribution < -0.4 is 0 Å². The summed E-state index contributed by atoms with van der Waals surface area (Å²) in [6, 6.07) is 6.46. The molecule has 1 aromatic carbocycles. The molecule has 0 radical (unpaired) electrons. The van der Waals surface area contributed by atoms with Crippen LogP contribution in [0.1, 0.15) is 47.0 Å². The molecule has 0 atom stereocenters. The first-order valence-electron chi connectivity index (χ1n) is 10.5. The minimum atomic E-state index is -4.63. The van der Waals surface area contributed by atoms with Crippen LogP contribution in [0, 0.1) is 19.8 Å². The van der Waals surface area contributed by atoms with Crippen LogP contribution in [0.2, 0.25) is 5.02 Å². The van der Waals surface area contributed by atoms with Crippen LogP contribution in [-0.2, 0) is 19.3 Å². The normalized spacial score (nSPS) is 11.8. The second-order valence-corrected chi connectivity index (χ2v) is 8.95. The SMILES string of the molecule is Cc1cnc(CN(C)C(=O)c2c(-c3ccc(Cl)cc3)c(C)c(C(F)(F)F)n2CC(C)C)cn1. The third-order valence-electron chi connectivity index (χ3n) is 5.24. The zero-order valence-electron chi connectivity index (χ0n) is 19.2. The first-order valence-corrected chi connectivity index (χ1v) is 10.9. The standard InChI is InChI=1S/C24H26ClF3N4O/c1-14(2)12-32-21(23(33)31(5)13-19-11-29-15(3)10-30-19)20(16(4)22(32)24(26,27)28)17-6-8-18(25)9-7-17/h6-11,14H,12-13H2,1-5H3. The molecule has 0 N–H and O–H groups in total. The number of aryl methyl sites for hydroxylation is 1. The Morgan fingerprint density at radius 2 is 1.76 bits per heavy atom. The average Bonchev–Trinajstić information content (AvgIpc) is 3.01. The minimum absolute atomic E-state index is 0.00146. The van der Waals surface area contributed by atoms with E-state index >= 15 is 0 Å². The van der Waals surface area contributed by atoms with E-state index in [4.69, 9.17) is 11.6 Å². The summed E-state index contributed by atoms with van der Waals surface area (Å²) in [6.07, 6.45) is -1.49. The Morgan fingerprint density at radius 3 is 2.27 bits per heavy atom. The highest BCUT2D eigenvalue weighted by Crippen LogP contribution is 2.42. The van der Waals surface area contributed by atoms with Crippen LogP contribution >= 0.6 is 11.6 Å². The molecule has 3 aromatic rings. The maximum Gasteiger partial charge on any atom is 0.431 e. The number of nitrogens with zero attached hydrogens (tertiary/aromatic N) is 4. The molecule has 9 heteroatoms. The Kier molecular flexibility index (Phi) is 7.17. The first-order chi connectivity index (χ1) is 15.4. The summed E-state index contributed by atoms with van der Waals surface area (Å²) in [5, 5.41) is 0.456. The molecule has 0 bridgehead atoms. The number of alkyl halides is 3. The molecule has 0 spiro atoms. The van der Waals surface area contributed by atoms with Gasteiger partial charge in [0.1, 0.15) is 11.4 Å². The molecule has 0 aliphatic heterocycles. The van der Waals surface area contributed by atoms with Gasteiger partial charge in [0.15, 0.2) is 0 Å². The second-order valence-electron chi connectivity index (χ2n) is 8.52. The van der Waals surface area contributed by atoms with E-state index in [0.29, 0.717) is 16.3 Å². The number of benzene rings is 1. The van der Waals surface area contributed by atoms with Gasteiger partial charge in [-0.05, 0) is 43.0 Å². The van der Waals surface area contributed by atoms with Crippen molar-refractivity contribution in [1.82, 2.24) is 19.4 Å². The molecular weight excluding hydrogens is 453 g/mol. The second kappa shape index (κ2) is 9.55.